The van der Waals surface area contributed by atoms with Gasteiger partial charge in [-0.3, -0.25) is 24.2 Å². The Morgan fingerprint density at radius 1 is 1.19 bits per heavy atom. The van der Waals surface area contributed by atoms with E-state index in [4.69, 9.17) is 5.73 Å². The number of nitrogens with zero attached hydrogens (tertiary/aromatic N) is 2. The maximum atomic E-state index is 16.5. The number of amides is 1. The van der Waals surface area contributed by atoms with Crippen molar-refractivity contribution >= 4 is 28.9 Å². The molecule has 12 heteroatoms. The van der Waals surface area contributed by atoms with Crippen LogP contribution in [0.4, 0.5) is 10.1 Å². The van der Waals surface area contributed by atoms with Gasteiger partial charge in [0.2, 0.25) is 5.78 Å². The number of anilines is 1. The van der Waals surface area contributed by atoms with Gasteiger partial charge in [-0.15, -0.1) is 0 Å². The van der Waals surface area contributed by atoms with E-state index in [1.165, 1.54) is 0 Å². The molecule has 1 saturated carbocycles. The second-order valence-corrected chi connectivity index (χ2v) is 12.7. The first-order chi connectivity index (χ1) is 20.4. The first kappa shape index (κ1) is 29.6. The van der Waals surface area contributed by atoms with E-state index in [0.29, 0.717) is 38.0 Å². The van der Waals surface area contributed by atoms with Crippen LogP contribution in [0.15, 0.2) is 16.9 Å². The van der Waals surface area contributed by atoms with Crippen molar-refractivity contribution in [1.82, 2.24) is 9.80 Å². The number of hydrogen-bond donors (Lipinski definition) is 6. The number of nitrogens with one attached hydrogen (secondary N) is 1. The monoisotopic (exact) mass is 598 g/mol. The Morgan fingerprint density at radius 3 is 2.49 bits per heavy atom. The third-order valence-corrected chi connectivity index (χ3v) is 10.3. The number of aliphatic hydroxyl groups excluding tert-OH is 2. The van der Waals surface area contributed by atoms with Crippen LogP contribution in [0.25, 0.3) is 5.76 Å². The number of benzene rings is 1. The minimum Gasteiger partial charge on any atom is -0.508 e. The number of aliphatic hydroxyl groups is 3. The largest absolute Gasteiger partial charge is 0.508 e. The molecule has 1 aromatic rings. The highest BCUT2D eigenvalue weighted by atomic mass is 19.1. The van der Waals surface area contributed by atoms with Crippen LogP contribution in [-0.2, 0) is 20.8 Å². The highest BCUT2D eigenvalue weighted by Gasteiger charge is 2.64. The summed E-state index contributed by atoms with van der Waals surface area (Å²) in [6.45, 7) is 5.92. The van der Waals surface area contributed by atoms with Crippen LogP contribution < -0.4 is 11.1 Å². The van der Waals surface area contributed by atoms with Crippen LogP contribution in [0.1, 0.15) is 62.3 Å². The van der Waals surface area contributed by atoms with Crippen LogP contribution in [0.2, 0.25) is 0 Å². The van der Waals surface area contributed by atoms with Crippen LogP contribution >= 0.6 is 0 Å². The number of phenols is 1. The van der Waals surface area contributed by atoms with Crippen LogP contribution in [0, 0.1) is 23.6 Å². The number of halogens is 1. The topological polar surface area (TPSA) is 177 Å². The lowest BCUT2D eigenvalue weighted by atomic mass is 9.57. The predicted molar refractivity (Wildman–Crippen MR) is 155 cm³/mol. The van der Waals surface area contributed by atoms with E-state index >= 15 is 4.39 Å². The van der Waals surface area contributed by atoms with Crippen molar-refractivity contribution in [3.8, 4) is 5.75 Å². The van der Waals surface area contributed by atoms with Gasteiger partial charge in [-0.2, -0.15) is 0 Å². The van der Waals surface area contributed by atoms with Crippen LogP contribution in [0.3, 0.4) is 0 Å². The second-order valence-electron chi connectivity index (χ2n) is 12.7. The van der Waals surface area contributed by atoms with Crippen molar-refractivity contribution in [1.29, 1.82) is 0 Å². The Morgan fingerprint density at radius 2 is 1.86 bits per heavy atom. The van der Waals surface area contributed by atoms with Crippen molar-refractivity contribution in [2.45, 2.75) is 63.6 Å². The lowest BCUT2D eigenvalue weighted by molar-refractivity contribution is -0.155. The number of hydrogen-bond acceptors (Lipinski definition) is 10. The van der Waals surface area contributed by atoms with Gasteiger partial charge in [0.1, 0.15) is 28.7 Å². The average molecular weight is 599 g/mol. The first-order valence-electron chi connectivity index (χ1n) is 15.1. The normalized spacial score (nSPS) is 31.8. The summed E-state index contributed by atoms with van der Waals surface area (Å²) in [4.78, 5) is 44.2. The molecule has 3 aliphatic carbocycles. The predicted octanol–water partition coefficient (Wildman–Crippen LogP) is 2.08. The average Bonchev–Trinajstić information content (AvgIpc) is 3.34. The SMILES string of the molecule is CCCN(CCC)[C@@H]1C(=O)C(C(N)=O)=C(O)[C@@]2(O)C(=O)C3=C(O)c4c(O)c5c(c(F)c4C[C@H]3C[C@@H]12)C1C(CCN1C)CN5. The molecule has 2 aliphatic heterocycles. The number of Topliss-reactive ketones (excluding diaryl/α,β-unsaturated/α-hetero) is 2. The van der Waals surface area contributed by atoms with Crippen LogP contribution in [-0.4, -0.2) is 92.6 Å². The van der Waals surface area contributed by atoms with E-state index in [0.717, 1.165) is 13.0 Å². The van der Waals surface area contributed by atoms with E-state index in [1.807, 2.05) is 25.8 Å². The molecule has 2 heterocycles. The molecular formula is C31H39FN4O7. The van der Waals surface area contributed by atoms with E-state index in [-0.39, 0.29) is 52.9 Å². The van der Waals surface area contributed by atoms with Gasteiger partial charge in [0.05, 0.1) is 17.3 Å². The van der Waals surface area contributed by atoms with Crippen molar-refractivity contribution in [3.05, 3.63) is 39.4 Å². The zero-order valence-electron chi connectivity index (χ0n) is 24.6. The van der Waals surface area contributed by atoms with Crippen molar-refractivity contribution in [2.75, 3.05) is 38.5 Å². The Labute approximate surface area is 248 Å². The summed E-state index contributed by atoms with van der Waals surface area (Å²) in [5.74, 6) is -7.80. The number of fused-ring (bicyclic) bond motifs is 6. The molecule has 6 rings (SSSR count). The lowest BCUT2D eigenvalue weighted by Crippen LogP contribution is -2.66. The summed E-state index contributed by atoms with van der Waals surface area (Å²) >= 11 is 0. The number of phenolic OH excluding ortho intramolecular Hbond substituents is 1. The van der Waals surface area contributed by atoms with E-state index in [9.17, 15) is 34.8 Å². The molecule has 43 heavy (non-hydrogen) atoms. The number of likely N-dealkylation sites (tertiary alicyclic amines) is 1. The quantitative estimate of drug-likeness (QED) is 0.210. The summed E-state index contributed by atoms with van der Waals surface area (Å²) in [6, 6.07) is -1.42. The number of rotatable bonds is 6. The maximum absolute atomic E-state index is 16.5. The molecule has 0 aromatic heterocycles. The van der Waals surface area contributed by atoms with E-state index in [2.05, 4.69) is 5.32 Å². The number of aromatic hydroxyl groups is 1. The van der Waals surface area contributed by atoms with Gasteiger partial charge in [0.15, 0.2) is 11.4 Å². The molecule has 5 aliphatic rings. The fourth-order valence-electron chi connectivity index (χ4n) is 8.53. The van der Waals surface area contributed by atoms with Gasteiger partial charge in [-0.05, 0) is 70.6 Å². The Kier molecular flexibility index (Phi) is 7.09. The van der Waals surface area contributed by atoms with Gasteiger partial charge in [-0.1, -0.05) is 13.8 Å². The molecule has 6 atom stereocenters. The van der Waals surface area contributed by atoms with Gasteiger partial charge < -0.3 is 31.5 Å². The molecule has 0 radical (unpaired) electrons. The van der Waals surface area contributed by atoms with Gasteiger partial charge in [0, 0.05) is 35.2 Å². The van der Waals surface area contributed by atoms with E-state index in [1.54, 1.807) is 4.90 Å². The Bertz CT molecular complexity index is 1500. The fraction of sp³-hybridized carbons (Fsp3) is 0.581. The zero-order chi connectivity index (χ0) is 31.1. The molecule has 232 valence electrons. The Hall–Kier alpha value is -3.48. The maximum Gasteiger partial charge on any atom is 0.255 e. The standard InChI is InChI=1S/C31H39FN4O7/c1-4-7-36(8-5-2)24-16-11-14-10-15-18(26(38)22-19(21(15)32)23-13(12-34-22)6-9-35(23)3)25(37)17(14)28(40)31(16,43)29(41)20(27(24)39)30(33)42/h13-14,16,23-24,34,37-38,41,43H,4-12H2,1-3H3,(H2,33,42)/t13?,14-,16-,23?,24-,31-/m0/s1. The summed E-state index contributed by atoms with van der Waals surface area (Å²) in [6.07, 6.45) is 1.99. The molecule has 2 unspecified atom stereocenters. The molecule has 7 N–H and O–H groups in total. The fourth-order valence-corrected chi connectivity index (χ4v) is 8.53. The first-order valence-corrected chi connectivity index (χ1v) is 15.1. The van der Waals surface area contributed by atoms with Crippen molar-refractivity contribution in [2.24, 2.45) is 23.5 Å². The summed E-state index contributed by atoms with van der Waals surface area (Å²) < 4.78 is 16.5. The number of carbonyl (C=O) groups excluding carboxylic acids is 3. The van der Waals surface area contributed by atoms with Gasteiger partial charge >= 0.3 is 0 Å². The van der Waals surface area contributed by atoms with Gasteiger partial charge in [0.25, 0.3) is 5.91 Å². The molecule has 0 spiro atoms. The summed E-state index contributed by atoms with van der Waals surface area (Å²) in [5, 5.41) is 49.3. The molecule has 0 bridgehead atoms. The molecular weight excluding hydrogens is 559 g/mol. The number of ketones is 2. The number of primary amides is 1. The van der Waals surface area contributed by atoms with Crippen molar-refractivity contribution in [3.63, 3.8) is 0 Å². The summed E-state index contributed by atoms with van der Waals surface area (Å²) in [7, 11) is 1.91. The third kappa shape index (κ3) is 3.92. The minimum atomic E-state index is -2.74. The van der Waals surface area contributed by atoms with Crippen LogP contribution in [0.5, 0.6) is 5.75 Å². The molecule has 1 saturated heterocycles. The third-order valence-electron chi connectivity index (χ3n) is 10.3. The highest BCUT2D eigenvalue weighted by Crippen LogP contribution is 2.56. The highest BCUT2D eigenvalue weighted by molar-refractivity contribution is 6.24. The molecule has 1 aromatic carbocycles. The number of nitrogens with two attached hydrogens (primary N) is 1. The molecule has 11 nitrogen and oxygen atoms in total. The minimum absolute atomic E-state index is 0.0683. The summed E-state index contributed by atoms with van der Waals surface area (Å²) in [5.41, 5.74) is 1.96. The lowest BCUT2D eigenvalue weighted by Gasteiger charge is -2.51. The second kappa shape index (κ2) is 10.3. The number of carbonyl (C=O) groups is 3. The van der Waals surface area contributed by atoms with Crippen molar-refractivity contribution < 1.29 is 39.2 Å². The van der Waals surface area contributed by atoms with Gasteiger partial charge in [-0.25, -0.2) is 4.39 Å². The molecule has 1 amide bonds. The molecule has 2 fully saturated rings. The smallest absolute Gasteiger partial charge is 0.255 e. The zero-order valence-corrected chi connectivity index (χ0v) is 24.6. The van der Waals surface area contributed by atoms with E-state index < -0.39 is 63.9 Å². The Balaban J connectivity index is 1.54.